The Bertz CT molecular complexity index is 340. The minimum absolute atomic E-state index is 0.0776. The zero-order valence-corrected chi connectivity index (χ0v) is 9.95. The molecule has 2 aliphatic carbocycles. The maximum Gasteiger partial charge on any atom is 0.179 e. The number of hydrogen-bond donors (Lipinski definition) is 1. The monoisotopic (exact) mass is 221 g/mol. The maximum absolute atomic E-state index is 12.1. The quantitative estimate of drug-likeness (QED) is 0.771. The Morgan fingerprint density at radius 2 is 2.31 bits per heavy atom. The van der Waals surface area contributed by atoms with E-state index in [4.69, 9.17) is 4.74 Å². The topological polar surface area (TPSA) is 38.3 Å². The first-order valence-electron chi connectivity index (χ1n) is 5.95. The number of nitrogens with one attached hydrogen (secondary N) is 1. The first kappa shape index (κ1) is 11.4. The van der Waals surface area contributed by atoms with E-state index in [9.17, 15) is 4.79 Å². The van der Waals surface area contributed by atoms with Gasteiger partial charge >= 0.3 is 0 Å². The van der Waals surface area contributed by atoms with Crippen LogP contribution in [-0.4, -0.2) is 25.0 Å². The highest BCUT2D eigenvalue weighted by atomic mass is 16.5. The lowest BCUT2D eigenvalue weighted by atomic mass is 9.98. The number of ketones is 1. The standard InChI is InChI=1S/C13H19NO2/c1-9(14-11-6-7-11)13(15)10-4-3-5-12(8-10)16-2/h4,8-9,11,14H,3,5-7H2,1-2H3. The van der Waals surface area contributed by atoms with Gasteiger partial charge in [-0.05, 0) is 32.3 Å². The van der Waals surface area contributed by atoms with Gasteiger partial charge < -0.3 is 10.1 Å². The highest BCUT2D eigenvalue weighted by Crippen LogP contribution is 2.22. The van der Waals surface area contributed by atoms with Crippen LogP contribution in [0.15, 0.2) is 23.5 Å². The summed E-state index contributed by atoms with van der Waals surface area (Å²) in [4.78, 5) is 12.1. The Morgan fingerprint density at radius 3 is 2.94 bits per heavy atom. The summed E-state index contributed by atoms with van der Waals surface area (Å²) in [6, 6.07) is 0.486. The number of carbonyl (C=O) groups is 1. The molecule has 0 radical (unpaired) electrons. The van der Waals surface area contributed by atoms with Crippen molar-refractivity contribution in [3.05, 3.63) is 23.5 Å². The third kappa shape index (κ3) is 2.73. The van der Waals surface area contributed by atoms with Gasteiger partial charge in [0, 0.05) is 18.0 Å². The Morgan fingerprint density at radius 1 is 1.56 bits per heavy atom. The molecule has 1 saturated carbocycles. The summed E-state index contributed by atoms with van der Waals surface area (Å²) in [6.45, 7) is 1.94. The average molecular weight is 221 g/mol. The SMILES string of the molecule is COC1=CC(C(=O)C(C)NC2CC2)=CCC1. The summed E-state index contributed by atoms with van der Waals surface area (Å²) in [5, 5.41) is 3.32. The Hall–Kier alpha value is -1.09. The number of ether oxygens (including phenoxy) is 1. The van der Waals surface area contributed by atoms with Crippen LogP contribution < -0.4 is 5.32 Å². The molecule has 0 bridgehead atoms. The predicted octanol–water partition coefficient (Wildman–Crippen LogP) is 1.95. The second kappa shape index (κ2) is 4.83. The molecule has 0 spiro atoms. The van der Waals surface area contributed by atoms with E-state index in [2.05, 4.69) is 5.32 Å². The fraction of sp³-hybridized carbons (Fsp3) is 0.615. The molecule has 2 rings (SSSR count). The minimum Gasteiger partial charge on any atom is -0.501 e. The zero-order chi connectivity index (χ0) is 11.5. The van der Waals surface area contributed by atoms with Crippen molar-refractivity contribution in [1.82, 2.24) is 5.32 Å². The van der Waals surface area contributed by atoms with Gasteiger partial charge in [0.2, 0.25) is 0 Å². The van der Waals surface area contributed by atoms with Crippen molar-refractivity contribution in [3.63, 3.8) is 0 Å². The van der Waals surface area contributed by atoms with E-state index < -0.39 is 0 Å². The van der Waals surface area contributed by atoms with Crippen molar-refractivity contribution >= 4 is 5.78 Å². The number of Topliss-reactive ketones (excluding diaryl/α,β-unsaturated/α-hetero) is 1. The third-order valence-corrected chi connectivity index (χ3v) is 3.07. The molecule has 0 aromatic rings. The highest BCUT2D eigenvalue weighted by molar-refractivity contribution is 6.01. The van der Waals surface area contributed by atoms with Crippen LogP contribution in [0.25, 0.3) is 0 Å². The predicted molar refractivity (Wildman–Crippen MR) is 63.0 cm³/mol. The molecular weight excluding hydrogens is 202 g/mol. The smallest absolute Gasteiger partial charge is 0.179 e. The molecule has 3 nitrogen and oxygen atoms in total. The second-order valence-electron chi connectivity index (χ2n) is 4.54. The van der Waals surface area contributed by atoms with Gasteiger partial charge in [-0.15, -0.1) is 0 Å². The number of allylic oxidation sites excluding steroid dienone is 3. The summed E-state index contributed by atoms with van der Waals surface area (Å²) in [7, 11) is 1.66. The van der Waals surface area contributed by atoms with E-state index in [0.717, 1.165) is 24.2 Å². The van der Waals surface area contributed by atoms with Gasteiger partial charge in [0.15, 0.2) is 5.78 Å². The summed E-state index contributed by atoms with van der Waals surface area (Å²) in [5.41, 5.74) is 0.795. The normalized spacial score (nSPS) is 22.1. The molecule has 1 unspecified atom stereocenters. The lowest BCUT2D eigenvalue weighted by Gasteiger charge is -2.16. The molecule has 2 aliphatic rings. The van der Waals surface area contributed by atoms with Crippen molar-refractivity contribution < 1.29 is 9.53 Å². The number of methoxy groups -OCH3 is 1. The molecule has 1 atom stereocenters. The first-order valence-corrected chi connectivity index (χ1v) is 5.95. The summed E-state index contributed by atoms with van der Waals surface area (Å²) in [5.74, 6) is 1.09. The van der Waals surface area contributed by atoms with Crippen LogP contribution in [0, 0.1) is 0 Å². The molecule has 0 heterocycles. The van der Waals surface area contributed by atoms with E-state index in [0.29, 0.717) is 6.04 Å². The Balaban J connectivity index is 1.97. The molecule has 0 aliphatic heterocycles. The van der Waals surface area contributed by atoms with Gasteiger partial charge in [0.25, 0.3) is 0 Å². The van der Waals surface area contributed by atoms with Crippen molar-refractivity contribution in [2.45, 2.75) is 44.7 Å². The zero-order valence-electron chi connectivity index (χ0n) is 9.95. The van der Waals surface area contributed by atoms with Crippen LogP contribution in [0.3, 0.4) is 0 Å². The summed E-state index contributed by atoms with van der Waals surface area (Å²) < 4.78 is 5.19. The molecule has 1 fully saturated rings. The molecular formula is C13H19NO2. The molecule has 3 heteroatoms. The molecule has 88 valence electrons. The van der Waals surface area contributed by atoms with Crippen LogP contribution in [0.1, 0.15) is 32.6 Å². The van der Waals surface area contributed by atoms with E-state index in [1.807, 2.05) is 19.1 Å². The maximum atomic E-state index is 12.1. The Kier molecular flexibility index (Phi) is 3.44. The summed E-state index contributed by atoms with van der Waals surface area (Å²) >= 11 is 0. The molecule has 0 saturated heterocycles. The molecule has 0 aromatic heterocycles. The first-order chi connectivity index (χ1) is 7.70. The van der Waals surface area contributed by atoms with Crippen molar-refractivity contribution in [3.8, 4) is 0 Å². The largest absolute Gasteiger partial charge is 0.501 e. The van der Waals surface area contributed by atoms with Crippen LogP contribution >= 0.6 is 0 Å². The van der Waals surface area contributed by atoms with Gasteiger partial charge in [-0.1, -0.05) is 6.08 Å². The number of hydrogen-bond acceptors (Lipinski definition) is 3. The van der Waals surface area contributed by atoms with Gasteiger partial charge in [0.1, 0.15) is 0 Å². The lowest BCUT2D eigenvalue weighted by Crippen LogP contribution is -2.36. The van der Waals surface area contributed by atoms with Gasteiger partial charge in [0.05, 0.1) is 18.9 Å². The number of rotatable bonds is 5. The fourth-order valence-corrected chi connectivity index (χ4v) is 1.94. The van der Waals surface area contributed by atoms with Gasteiger partial charge in [-0.25, -0.2) is 0 Å². The van der Waals surface area contributed by atoms with Crippen molar-refractivity contribution in [2.75, 3.05) is 7.11 Å². The van der Waals surface area contributed by atoms with Gasteiger partial charge in [-0.3, -0.25) is 4.79 Å². The van der Waals surface area contributed by atoms with Crippen LogP contribution in [-0.2, 0) is 9.53 Å². The average Bonchev–Trinajstić information content (AvgIpc) is 3.12. The van der Waals surface area contributed by atoms with E-state index in [1.54, 1.807) is 7.11 Å². The third-order valence-electron chi connectivity index (χ3n) is 3.07. The lowest BCUT2D eigenvalue weighted by molar-refractivity contribution is -0.116. The van der Waals surface area contributed by atoms with Crippen LogP contribution in [0.5, 0.6) is 0 Å². The van der Waals surface area contributed by atoms with Crippen LogP contribution in [0.4, 0.5) is 0 Å². The van der Waals surface area contributed by atoms with Crippen molar-refractivity contribution in [1.29, 1.82) is 0 Å². The van der Waals surface area contributed by atoms with E-state index >= 15 is 0 Å². The fourth-order valence-electron chi connectivity index (χ4n) is 1.94. The van der Waals surface area contributed by atoms with E-state index in [1.165, 1.54) is 12.8 Å². The molecule has 0 amide bonds. The minimum atomic E-state index is -0.0776. The Labute approximate surface area is 96.6 Å². The number of carbonyl (C=O) groups excluding carboxylic acids is 1. The van der Waals surface area contributed by atoms with Gasteiger partial charge in [-0.2, -0.15) is 0 Å². The summed E-state index contributed by atoms with van der Waals surface area (Å²) in [6.07, 6.45) is 8.09. The molecule has 16 heavy (non-hydrogen) atoms. The highest BCUT2D eigenvalue weighted by Gasteiger charge is 2.27. The van der Waals surface area contributed by atoms with Crippen LogP contribution in [0.2, 0.25) is 0 Å². The molecule has 1 N–H and O–H groups in total. The molecule has 0 aromatic carbocycles. The second-order valence-corrected chi connectivity index (χ2v) is 4.54. The van der Waals surface area contributed by atoms with E-state index in [-0.39, 0.29) is 11.8 Å². The van der Waals surface area contributed by atoms with Crippen molar-refractivity contribution in [2.24, 2.45) is 0 Å².